The van der Waals surface area contributed by atoms with Crippen molar-refractivity contribution in [2.45, 2.75) is 363 Å². The Kier molecular flexibility index (Phi) is 66.8. The van der Waals surface area contributed by atoms with Crippen LogP contribution in [0, 0.1) is 0 Å². The van der Waals surface area contributed by atoms with Gasteiger partial charge in [-0.3, -0.25) is 19.2 Å². The van der Waals surface area contributed by atoms with E-state index < -0.39 is 11.2 Å². The van der Waals surface area contributed by atoms with Gasteiger partial charge in [-0.15, -0.1) is 0 Å². The molecule has 2 fully saturated rings. The Morgan fingerprint density at radius 3 is 1.16 bits per heavy atom. The van der Waals surface area contributed by atoms with Crippen LogP contribution in [0.2, 0.25) is 0 Å². The molecule has 0 spiro atoms. The smallest absolute Gasteiger partial charge is 0.306 e. The molecule has 2 saturated heterocycles. The molecule has 88 heavy (non-hydrogen) atoms. The lowest BCUT2D eigenvalue weighted by Gasteiger charge is -2.23. The second-order valence-corrected chi connectivity index (χ2v) is 26.1. The largest absolute Gasteiger partial charge is 0.459 e. The minimum atomic E-state index is -0.757. The fourth-order valence-electron chi connectivity index (χ4n) is 9.91. The van der Waals surface area contributed by atoms with Gasteiger partial charge in [0, 0.05) is 38.8 Å². The Bertz CT molecular complexity index is 1600. The molecule has 8 N–H and O–H groups in total. The molecular weight excluding hydrogens is 1100 g/mol. The van der Waals surface area contributed by atoms with Crippen molar-refractivity contribution in [1.29, 1.82) is 0 Å². The fourth-order valence-corrected chi connectivity index (χ4v) is 9.91. The minimum Gasteiger partial charge on any atom is -0.459 e. The molecule has 14 heteroatoms. The van der Waals surface area contributed by atoms with Crippen molar-refractivity contribution in [3.05, 3.63) is 24.3 Å². The van der Waals surface area contributed by atoms with Crippen LogP contribution >= 0.6 is 0 Å². The number of rotatable bonds is 48. The summed E-state index contributed by atoms with van der Waals surface area (Å²) in [7, 11) is 0. The second kappa shape index (κ2) is 64.2. The number of amides is 2. The first-order valence-electron chi connectivity index (χ1n) is 36.6. The molecule has 2 rings (SSSR count). The van der Waals surface area contributed by atoms with Gasteiger partial charge in [0.2, 0.25) is 11.8 Å². The van der Waals surface area contributed by atoms with E-state index in [4.69, 9.17) is 20.9 Å². The van der Waals surface area contributed by atoms with E-state index in [0.29, 0.717) is 44.9 Å². The van der Waals surface area contributed by atoms with Crippen molar-refractivity contribution in [3.8, 4) is 0 Å². The van der Waals surface area contributed by atoms with Crippen LogP contribution < -0.4 is 22.1 Å². The number of nitrogens with two attached hydrogens (primary N) is 2. The molecule has 524 valence electrons. The topological polar surface area (TPSA) is 210 Å². The Labute approximate surface area is 545 Å². The van der Waals surface area contributed by atoms with Gasteiger partial charge in [0.05, 0.1) is 11.2 Å². The van der Waals surface area contributed by atoms with Crippen molar-refractivity contribution in [3.63, 3.8) is 0 Å². The van der Waals surface area contributed by atoms with E-state index in [-0.39, 0.29) is 35.0 Å². The van der Waals surface area contributed by atoms with Crippen LogP contribution in [0.15, 0.2) is 24.3 Å². The molecule has 2 amide bonds. The maximum Gasteiger partial charge on any atom is 0.306 e. The highest BCUT2D eigenvalue weighted by Crippen LogP contribution is 2.32. The van der Waals surface area contributed by atoms with Gasteiger partial charge in [-0.1, -0.05) is 177 Å². The molecule has 4 unspecified atom stereocenters. The molecule has 0 bridgehead atoms. The van der Waals surface area contributed by atoms with Gasteiger partial charge in [0.25, 0.3) is 0 Å². The summed E-state index contributed by atoms with van der Waals surface area (Å²) in [6, 6.07) is 0. The number of nitrogens with one attached hydrogen (secondary N) is 2. The first-order valence-corrected chi connectivity index (χ1v) is 36.6. The van der Waals surface area contributed by atoms with Crippen LogP contribution in [0.4, 0.5) is 0 Å². The highest BCUT2D eigenvalue weighted by molar-refractivity contribution is 5.76. The zero-order valence-corrected chi connectivity index (χ0v) is 60.6. The Morgan fingerprint density at radius 1 is 0.466 bits per heavy atom. The zero-order chi connectivity index (χ0) is 67.1. The number of ether oxygens (including phenoxy) is 2. The van der Waals surface area contributed by atoms with E-state index >= 15 is 0 Å². The summed E-state index contributed by atoms with van der Waals surface area (Å²) < 4.78 is 10.5. The third-order valence-corrected chi connectivity index (χ3v) is 16.2. The van der Waals surface area contributed by atoms with Gasteiger partial charge >= 0.3 is 11.9 Å². The van der Waals surface area contributed by atoms with Crippen molar-refractivity contribution < 1.29 is 38.9 Å². The van der Waals surface area contributed by atoms with E-state index in [1.807, 2.05) is 20.8 Å². The SMILES string of the molecule is CC/C=C\CCC(C)(O)CCC(=O)NCCCN(CCCC)CCCC.CC/C=C\CCC1(C)CCC(=O)O1.CCCCCCC(C)(O)CCC(=O)NCCCN(CCCC)CCCC.CCCCCCC1(C)CCC(=O)O1.CCCCN.CCCCN. The van der Waals surface area contributed by atoms with Crippen molar-refractivity contribution in [1.82, 2.24) is 20.4 Å². The quantitative estimate of drug-likeness (QED) is 0.0191. The summed E-state index contributed by atoms with van der Waals surface area (Å²) in [6.07, 6.45) is 47.3. The molecular formula is C74H150N6O8. The second-order valence-electron chi connectivity index (χ2n) is 26.1. The molecule has 14 nitrogen and oxygen atoms in total. The molecule has 2 aliphatic heterocycles. The first kappa shape index (κ1) is 91.5. The predicted molar refractivity (Wildman–Crippen MR) is 378 cm³/mol. The summed E-state index contributed by atoms with van der Waals surface area (Å²) >= 11 is 0. The summed E-state index contributed by atoms with van der Waals surface area (Å²) in [5, 5.41) is 26.8. The zero-order valence-electron chi connectivity index (χ0n) is 60.6. The number of hydrogen-bond donors (Lipinski definition) is 6. The molecule has 2 heterocycles. The van der Waals surface area contributed by atoms with Gasteiger partial charge in [0.1, 0.15) is 11.2 Å². The highest BCUT2D eigenvalue weighted by Gasteiger charge is 2.35. The Balaban J connectivity index is -0.000000525. The van der Waals surface area contributed by atoms with Gasteiger partial charge < -0.3 is 51.6 Å². The van der Waals surface area contributed by atoms with Gasteiger partial charge in [-0.05, 0) is 215 Å². The van der Waals surface area contributed by atoms with Gasteiger partial charge in [-0.25, -0.2) is 0 Å². The molecule has 0 radical (unpaired) electrons. The number of aliphatic hydroxyl groups is 2. The number of cyclic esters (lactones) is 2. The highest BCUT2D eigenvalue weighted by atomic mass is 16.6. The van der Waals surface area contributed by atoms with Crippen LogP contribution in [-0.2, 0) is 28.7 Å². The van der Waals surface area contributed by atoms with Crippen LogP contribution in [-0.4, -0.2) is 132 Å². The molecule has 0 aromatic heterocycles. The predicted octanol–water partition coefficient (Wildman–Crippen LogP) is 16.9. The van der Waals surface area contributed by atoms with Gasteiger partial charge in [0.15, 0.2) is 0 Å². The number of nitrogens with zero attached hydrogens (tertiary/aromatic N) is 2. The summed E-state index contributed by atoms with van der Waals surface area (Å²) in [5.41, 5.74) is 8.50. The van der Waals surface area contributed by atoms with E-state index in [2.05, 4.69) is 121 Å². The number of allylic oxidation sites excluding steroid dienone is 4. The standard InChI is InChI=1S/C22H46N2O2.C22H44N2O2.C11H20O2.C11H18O2.2C4H11N/c2*1-5-8-11-12-15-22(4,26)16-14-21(25)23-17-13-20-24(18-9-6-2)19-10-7-3;2*1-3-4-5-6-8-11(2)9-7-10(12)13-11;2*1-2-3-4-5/h26H,5-20H2,1-4H3,(H,23,25);8,11,26H,5-7,9-10,12-20H2,1-4H3,(H,23,25);3-9H2,1-2H3;4-5H,3,6-9H2,1-2H3;2*2-5H2,1H3/b;11-8-;;5-4-;;. The third kappa shape index (κ3) is 64.6. The maximum atomic E-state index is 12.0. The molecule has 0 aromatic carbocycles. The van der Waals surface area contributed by atoms with E-state index in [9.17, 15) is 29.4 Å². The van der Waals surface area contributed by atoms with Crippen molar-refractivity contribution >= 4 is 23.8 Å². The van der Waals surface area contributed by atoms with Crippen LogP contribution in [0.25, 0.3) is 0 Å². The van der Waals surface area contributed by atoms with E-state index in [0.717, 1.165) is 116 Å². The summed E-state index contributed by atoms with van der Waals surface area (Å²) in [4.78, 5) is 50.9. The summed E-state index contributed by atoms with van der Waals surface area (Å²) in [5.74, 6) is 0.0792. The van der Waals surface area contributed by atoms with Crippen molar-refractivity contribution in [2.75, 3.05) is 65.4 Å². The third-order valence-electron chi connectivity index (χ3n) is 16.2. The number of carbonyl (C=O) groups excluding carboxylic acids is 4. The monoisotopic (exact) mass is 1250 g/mol. The fraction of sp³-hybridized carbons (Fsp3) is 0.892. The lowest BCUT2D eigenvalue weighted by atomic mass is 9.93. The summed E-state index contributed by atoms with van der Waals surface area (Å²) in [6.45, 7) is 39.6. The molecule has 0 saturated carbocycles. The lowest BCUT2D eigenvalue weighted by Crippen LogP contribution is -2.32. The number of carbonyl (C=O) groups is 4. The first-order chi connectivity index (χ1) is 42.0. The molecule has 2 aliphatic rings. The number of esters is 2. The maximum absolute atomic E-state index is 12.0. The molecule has 0 aromatic rings. The van der Waals surface area contributed by atoms with Crippen LogP contribution in [0.3, 0.4) is 0 Å². The lowest BCUT2D eigenvalue weighted by molar-refractivity contribution is -0.148. The molecule has 0 aliphatic carbocycles. The number of unbranched alkanes of at least 4 members (excludes halogenated alkanes) is 12. The van der Waals surface area contributed by atoms with Crippen LogP contribution in [0.5, 0.6) is 0 Å². The Morgan fingerprint density at radius 2 is 0.818 bits per heavy atom. The van der Waals surface area contributed by atoms with Crippen LogP contribution in [0.1, 0.15) is 341 Å². The molecule has 4 atom stereocenters. The average Bonchev–Trinajstić information content (AvgIpc) is 3.88. The van der Waals surface area contributed by atoms with E-state index in [1.54, 1.807) is 0 Å². The number of hydrogen-bond acceptors (Lipinski definition) is 12. The average molecular weight is 1250 g/mol. The Hall–Kier alpha value is -2.88. The normalized spacial score (nSPS) is 17.5. The van der Waals surface area contributed by atoms with Gasteiger partial charge in [-0.2, -0.15) is 0 Å². The van der Waals surface area contributed by atoms with E-state index in [1.165, 1.54) is 148 Å². The van der Waals surface area contributed by atoms with Crippen molar-refractivity contribution in [2.24, 2.45) is 11.5 Å². The minimum absolute atomic E-state index is 0.0157.